The highest BCUT2D eigenvalue weighted by atomic mass is 16.5. The van der Waals surface area contributed by atoms with E-state index in [4.69, 9.17) is 4.74 Å². The third kappa shape index (κ3) is 5.39. The molecule has 0 fully saturated rings. The van der Waals surface area contributed by atoms with Crippen molar-refractivity contribution in [2.24, 2.45) is 7.05 Å². The van der Waals surface area contributed by atoms with E-state index in [0.29, 0.717) is 12.1 Å². The highest BCUT2D eigenvalue weighted by Gasteiger charge is 2.18. The molecule has 0 aliphatic rings. The minimum absolute atomic E-state index is 0.106. The van der Waals surface area contributed by atoms with Gasteiger partial charge in [-0.05, 0) is 64.7 Å². The van der Waals surface area contributed by atoms with Gasteiger partial charge < -0.3 is 9.64 Å². The fourth-order valence-electron chi connectivity index (χ4n) is 4.37. The molecule has 0 radical (unpaired) electrons. The van der Waals surface area contributed by atoms with Crippen LogP contribution in [0.1, 0.15) is 21.5 Å². The van der Waals surface area contributed by atoms with Crippen molar-refractivity contribution in [1.82, 2.24) is 9.78 Å². The van der Waals surface area contributed by atoms with Crippen LogP contribution in [0.25, 0.3) is 28.1 Å². The second-order valence-corrected chi connectivity index (χ2v) is 8.95. The number of hydrogen-bond donors (Lipinski definition) is 0. The Morgan fingerprint density at radius 1 is 0.895 bits per heavy atom. The lowest BCUT2D eigenvalue weighted by Gasteiger charge is -2.24. The predicted octanol–water partition coefficient (Wildman–Crippen LogP) is 6.27. The predicted molar refractivity (Wildman–Crippen MR) is 151 cm³/mol. The van der Waals surface area contributed by atoms with Crippen LogP contribution in [0.4, 0.5) is 5.69 Å². The molecule has 1 heterocycles. The van der Waals surface area contributed by atoms with Gasteiger partial charge in [-0.2, -0.15) is 5.10 Å². The van der Waals surface area contributed by atoms with Crippen molar-refractivity contribution in [3.63, 3.8) is 0 Å². The van der Waals surface area contributed by atoms with Gasteiger partial charge in [0.25, 0.3) is 5.91 Å². The Morgan fingerprint density at radius 3 is 2.42 bits per heavy atom. The number of hydrogen-bond acceptors (Lipinski definition) is 4. The number of rotatable bonds is 7. The van der Waals surface area contributed by atoms with E-state index in [1.54, 1.807) is 11.0 Å². The molecule has 0 saturated carbocycles. The molecule has 0 aliphatic heterocycles. The summed E-state index contributed by atoms with van der Waals surface area (Å²) in [5, 5.41) is 5.42. The largest absolute Gasteiger partial charge is 0.466 e. The van der Waals surface area contributed by atoms with Gasteiger partial charge in [0.15, 0.2) is 0 Å². The number of fused-ring (bicyclic) bond motifs is 1. The molecular weight excluding hydrogens is 474 g/mol. The zero-order valence-corrected chi connectivity index (χ0v) is 21.2. The van der Waals surface area contributed by atoms with E-state index < -0.39 is 5.97 Å². The number of benzene rings is 4. The average Bonchev–Trinajstić information content (AvgIpc) is 3.35. The molecule has 6 nitrogen and oxygen atoms in total. The van der Waals surface area contributed by atoms with Crippen LogP contribution in [-0.4, -0.2) is 28.8 Å². The standard InChI is InChI=1S/C32H27N3O3/c1-34-30-17-16-27(20-28(30)21-33-34)25-14-11-24(12-15-25)22-35(32(37)26-8-4-3-5-9-26)29-10-6-7-23(19-29)13-18-31(36)38-2/h3-21H,22H2,1-2H3. The number of aromatic nitrogens is 2. The summed E-state index contributed by atoms with van der Waals surface area (Å²) in [5.74, 6) is -0.541. The average molecular weight is 502 g/mol. The van der Waals surface area contributed by atoms with Gasteiger partial charge >= 0.3 is 5.97 Å². The van der Waals surface area contributed by atoms with Crippen molar-refractivity contribution in [2.75, 3.05) is 12.0 Å². The molecular formula is C32H27N3O3. The van der Waals surface area contributed by atoms with E-state index in [2.05, 4.69) is 47.6 Å². The number of anilines is 1. The molecule has 1 amide bonds. The van der Waals surface area contributed by atoms with Crippen LogP contribution in [0.5, 0.6) is 0 Å². The molecule has 0 spiro atoms. The van der Waals surface area contributed by atoms with Crippen LogP contribution < -0.4 is 4.90 Å². The zero-order chi connectivity index (χ0) is 26.5. The third-order valence-corrected chi connectivity index (χ3v) is 6.43. The number of methoxy groups -OCH3 is 1. The molecule has 0 N–H and O–H groups in total. The van der Waals surface area contributed by atoms with Crippen LogP contribution in [0, 0.1) is 0 Å². The Hall–Kier alpha value is -4.97. The van der Waals surface area contributed by atoms with Crippen LogP contribution >= 0.6 is 0 Å². The van der Waals surface area contributed by atoms with Gasteiger partial charge in [0.1, 0.15) is 0 Å². The van der Waals surface area contributed by atoms with Crippen molar-refractivity contribution >= 4 is 34.5 Å². The quantitative estimate of drug-likeness (QED) is 0.195. The first kappa shape index (κ1) is 24.7. The van der Waals surface area contributed by atoms with Gasteiger partial charge in [-0.1, -0.05) is 60.7 Å². The summed E-state index contributed by atoms with van der Waals surface area (Å²) in [6, 6.07) is 31.3. The van der Waals surface area contributed by atoms with Crippen LogP contribution in [0.15, 0.2) is 109 Å². The molecule has 0 unspecified atom stereocenters. The lowest BCUT2D eigenvalue weighted by Crippen LogP contribution is -2.30. The molecule has 0 saturated heterocycles. The number of carbonyl (C=O) groups is 2. The van der Waals surface area contributed by atoms with Gasteiger partial charge in [-0.15, -0.1) is 0 Å². The molecule has 5 rings (SSSR count). The van der Waals surface area contributed by atoms with E-state index in [1.165, 1.54) is 13.2 Å². The molecule has 188 valence electrons. The molecule has 0 atom stereocenters. The smallest absolute Gasteiger partial charge is 0.330 e. The lowest BCUT2D eigenvalue weighted by atomic mass is 10.0. The number of ether oxygens (including phenoxy) is 1. The highest BCUT2D eigenvalue weighted by molar-refractivity contribution is 6.06. The zero-order valence-electron chi connectivity index (χ0n) is 21.2. The van der Waals surface area contributed by atoms with Crippen molar-refractivity contribution < 1.29 is 14.3 Å². The van der Waals surface area contributed by atoms with Crippen molar-refractivity contribution in [2.45, 2.75) is 6.54 Å². The van der Waals surface area contributed by atoms with Gasteiger partial charge in [0.05, 0.1) is 25.4 Å². The lowest BCUT2D eigenvalue weighted by molar-refractivity contribution is -0.134. The van der Waals surface area contributed by atoms with Gasteiger partial charge in [0, 0.05) is 29.8 Å². The highest BCUT2D eigenvalue weighted by Crippen LogP contribution is 2.26. The fraction of sp³-hybridized carbons (Fsp3) is 0.0938. The summed E-state index contributed by atoms with van der Waals surface area (Å²) in [4.78, 5) is 26.9. The summed E-state index contributed by atoms with van der Waals surface area (Å²) in [7, 11) is 3.27. The van der Waals surface area contributed by atoms with E-state index in [9.17, 15) is 9.59 Å². The molecule has 0 bridgehead atoms. The summed E-state index contributed by atoms with van der Waals surface area (Å²) in [6.07, 6.45) is 4.91. The second kappa shape index (κ2) is 11.0. The van der Waals surface area contributed by atoms with Gasteiger partial charge in [0.2, 0.25) is 0 Å². The molecule has 38 heavy (non-hydrogen) atoms. The van der Waals surface area contributed by atoms with Gasteiger partial charge in [-0.3, -0.25) is 9.48 Å². The number of nitrogens with zero attached hydrogens (tertiary/aromatic N) is 3. The van der Waals surface area contributed by atoms with E-state index >= 15 is 0 Å². The van der Waals surface area contributed by atoms with Crippen LogP contribution in [-0.2, 0) is 23.1 Å². The molecule has 0 aliphatic carbocycles. The normalized spacial score (nSPS) is 11.1. The SMILES string of the molecule is COC(=O)C=Cc1cccc(N(Cc2ccc(-c3ccc4c(cnn4C)c3)cc2)C(=O)c2ccccc2)c1. The van der Waals surface area contributed by atoms with Crippen LogP contribution in [0.2, 0.25) is 0 Å². The first-order chi connectivity index (χ1) is 18.5. The summed E-state index contributed by atoms with van der Waals surface area (Å²) >= 11 is 0. The second-order valence-electron chi connectivity index (χ2n) is 8.95. The summed E-state index contributed by atoms with van der Waals surface area (Å²) in [5.41, 5.74) is 6.41. The number of amides is 1. The maximum Gasteiger partial charge on any atom is 0.330 e. The Balaban J connectivity index is 1.44. The number of aryl methyl sites for hydroxylation is 1. The topological polar surface area (TPSA) is 64.4 Å². The summed E-state index contributed by atoms with van der Waals surface area (Å²) < 4.78 is 6.56. The first-order valence-corrected chi connectivity index (χ1v) is 12.3. The first-order valence-electron chi connectivity index (χ1n) is 12.3. The minimum Gasteiger partial charge on any atom is -0.466 e. The van der Waals surface area contributed by atoms with Crippen molar-refractivity contribution in [1.29, 1.82) is 0 Å². The number of carbonyl (C=O) groups excluding carboxylic acids is 2. The summed E-state index contributed by atoms with van der Waals surface area (Å²) in [6.45, 7) is 0.389. The van der Waals surface area contributed by atoms with E-state index in [0.717, 1.165) is 38.8 Å². The molecule has 4 aromatic carbocycles. The molecule has 6 heteroatoms. The minimum atomic E-state index is -0.435. The Bertz CT molecular complexity index is 1620. The maximum absolute atomic E-state index is 13.6. The Labute approximate surface area is 221 Å². The third-order valence-electron chi connectivity index (χ3n) is 6.43. The molecule has 1 aromatic heterocycles. The Morgan fingerprint density at radius 2 is 1.66 bits per heavy atom. The van der Waals surface area contributed by atoms with Crippen LogP contribution in [0.3, 0.4) is 0 Å². The van der Waals surface area contributed by atoms with Crippen molar-refractivity contribution in [3.8, 4) is 11.1 Å². The molecule has 5 aromatic rings. The monoisotopic (exact) mass is 501 g/mol. The van der Waals surface area contributed by atoms with Crippen molar-refractivity contribution in [3.05, 3.63) is 126 Å². The van der Waals surface area contributed by atoms with Gasteiger partial charge in [-0.25, -0.2) is 4.79 Å². The van der Waals surface area contributed by atoms with E-state index in [-0.39, 0.29) is 5.91 Å². The number of esters is 1. The maximum atomic E-state index is 13.6. The van der Waals surface area contributed by atoms with E-state index in [1.807, 2.05) is 72.5 Å². The Kier molecular flexibility index (Phi) is 7.13. The fourth-order valence-corrected chi connectivity index (χ4v) is 4.37.